The zero-order valence-corrected chi connectivity index (χ0v) is 16.6. The number of nitrogens with zero attached hydrogens (tertiary/aromatic N) is 2. The van der Waals surface area contributed by atoms with Crippen LogP contribution in [0.15, 0.2) is 45.5 Å². The van der Waals surface area contributed by atoms with Crippen LogP contribution in [0, 0.1) is 0 Å². The number of hydrogen-bond donors (Lipinski definition) is 1. The monoisotopic (exact) mass is 455 g/mol. The Bertz CT molecular complexity index is 1210. The van der Waals surface area contributed by atoms with Crippen LogP contribution in [0.5, 0.6) is 0 Å². The Kier molecular flexibility index (Phi) is 5.28. The number of hydrogen-bond acceptors (Lipinski definition) is 7. The van der Waals surface area contributed by atoms with Gasteiger partial charge in [-0.2, -0.15) is 13.2 Å². The summed E-state index contributed by atoms with van der Waals surface area (Å²) in [6.45, 7) is -0.229. The predicted octanol–water partition coefficient (Wildman–Crippen LogP) is 3.32. The van der Waals surface area contributed by atoms with Gasteiger partial charge in [0.2, 0.25) is 5.91 Å². The molecule has 0 unspecified atom stereocenters. The van der Waals surface area contributed by atoms with Crippen LogP contribution in [0.3, 0.4) is 0 Å². The number of esters is 1. The lowest BCUT2D eigenvalue weighted by atomic mass is 10.1. The van der Waals surface area contributed by atoms with Crippen molar-refractivity contribution in [2.24, 2.45) is 0 Å². The number of fused-ring (bicyclic) bond motifs is 2. The van der Waals surface area contributed by atoms with Gasteiger partial charge in [-0.15, -0.1) is 23.1 Å². The lowest BCUT2D eigenvalue weighted by Gasteiger charge is -2.24. The number of benzene rings is 1. The summed E-state index contributed by atoms with van der Waals surface area (Å²) in [5.74, 6) is -1.27. The number of alkyl halides is 3. The fraction of sp³-hybridized carbons (Fsp3) is 0.222. The number of amides is 1. The van der Waals surface area contributed by atoms with E-state index in [1.54, 1.807) is 11.6 Å². The Hall–Kier alpha value is -2.86. The van der Waals surface area contributed by atoms with Gasteiger partial charge in [-0.3, -0.25) is 18.8 Å². The molecule has 0 saturated carbocycles. The van der Waals surface area contributed by atoms with E-state index in [9.17, 15) is 27.6 Å². The molecule has 3 heterocycles. The second kappa shape index (κ2) is 7.76. The lowest BCUT2D eigenvalue weighted by Crippen LogP contribution is -2.31. The van der Waals surface area contributed by atoms with Crippen molar-refractivity contribution < 1.29 is 27.5 Å². The Morgan fingerprint density at radius 2 is 2.07 bits per heavy atom. The summed E-state index contributed by atoms with van der Waals surface area (Å²) < 4.78 is 44.9. The SMILES string of the molecule is O=C(C[C@H]1Sc2ccc(C(F)(F)F)cc2NC1=O)OCc1cc(=O)n2ccsc2n1. The first-order valence-electron chi connectivity index (χ1n) is 8.51. The standard InChI is InChI=1S/C18H12F3N3O4S2/c19-18(20,21)9-1-2-12-11(5-9)23-16(27)13(30-12)7-15(26)28-8-10-6-14(25)24-3-4-29-17(24)22-10/h1-6,13H,7-8H2,(H,23,27)/t13-/m1/s1. The van der Waals surface area contributed by atoms with Crippen molar-refractivity contribution in [3.05, 3.63) is 57.5 Å². The third-order valence-corrected chi connectivity index (χ3v) is 6.25. The van der Waals surface area contributed by atoms with Crippen LogP contribution in [-0.2, 0) is 27.1 Å². The van der Waals surface area contributed by atoms with Crippen LogP contribution in [-0.4, -0.2) is 26.5 Å². The van der Waals surface area contributed by atoms with E-state index < -0.39 is 28.9 Å². The van der Waals surface area contributed by atoms with Crippen LogP contribution >= 0.6 is 23.1 Å². The smallest absolute Gasteiger partial charge is 0.416 e. The number of carbonyl (C=O) groups is 2. The molecule has 1 aromatic carbocycles. The fourth-order valence-electron chi connectivity index (χ4n) is 2.79. The highest BCUT2D eigenvalue weighted by atomic mass is 32.2. The minimum absolute atomic E-state index is 0.0540. The summed E-state index contributed by atoms with van der Waals surface area (Å²) in [4.78, 5) is 41.4. The first-order chi connectivity index (χ1) is 14.2. The van der Waals surface area contributed by atoms with E-state index in [0.717, 1.165) is 23.9 Å². The predicted molar refractivity (Wildman–Crippen MR) is 103 cm³/mol. The molecule has 7 nitrogen and oxygen atoms in total. The molecule has 0 bridgehead atoms. The molecule has 12 heteroatoms. The number of carbonyl (C=O) groups excluding carboxylic acids is 2. The molecule has 1 amide bonds. The molecule has 0 fully saturated rings. The number of nitrogens with one attached hydrogen (secondary N) is 1. The van der Waals surface area contributed by atoms with Crippen LogP contribution in [0.25, 0.3) is 4.96 Å². The van der Waals surface area contributed by atoms with Gasteiger partial charge in [0, 0.05) is 22.5 Å². The molecule has 30 heavy (non-hydrogen) atoms. The lowest BCUT2D eigenvalue weighted by molar-refractivity contribution is -0.145. The molecule has 0 spiro atoms. The van der Waals surface area contributed by atoms with Crippen LogP contribution in [0.4, 0.5) is 18.9 Å². The molecule has 0 radical (unpaired) electrons. The first kappa shape index (κ1) is 20.4. The number of thiazole rings is 1. The van der Waals surface area contributed by atoms with Gasteiger partial charge in [-0.05, 0) is 18.2 Å². The topological polar surface area (TPSA) is 89.8 Å². The zero-order valence-electron chi connectivity index (χ0n) is 14.9. The van der Waals surface area contributed by atoms with E-state index in [4.69, 9.17) is 4.74 Å². The highest BCUT2D eigenvalue weighted by molar-refractivity contribution is 8.01. The molecular weight excluding hydrogens is 443 g/mol. The molecule has 1 atom stereocenters. The van der Waals surface area contributed by atoms with E-state index in [1.807, 2.05) is 0 Å². The first-order valence-corrected chi connectivity index (χ1v) is 10.3. The molecule has 4 rings (SSSR count). The van der Waals surface area contributed by atoms with Gasteiger partial charge in [0.25, 0.3) is 5.56 Å². The van der Waals surface area contributed by atoms with Crippen molar-refractivity contribution >= 4 is 45.6 Å². The van der Waals surface area contributed by atoms with Gasteiger partial charge in [-0.25, -0.2) is 4.98 Å². The van der Waals surface area contributed by atoms with Gasteiger partial charge in [0.15, 0.2) is 4.96 Å². The largest absolute Gasteiger partial charge is 0.459 e. The Balaban J connectivity index is 1.40. The number of aromatic nitrogens is 2. The van der Waals surface area contributed by atoms with Crippen molar-refractivity contribution in [3.63, 3.8) is 0 Å². The van der Waals surface area contributed by atoms with E-state index in [1.165, 1.54) is 27.9 Å². The van der Waals surface area contributed by atoms with Crippen molar-refractivity contribution in [2.45, 2.75) is 29.3 Å². The molecule has 1 aliphatic rings. The maximum atomic E-state index is 12.8. The van der Waals surface area contributed by atoms with Crippen molar-refractivity contribution in [3.8, 4) is 0 Å². The summed E-state index contributed by atoms with van der Waals surface area (Å²) in [6, 6.07) is 4.29. The third kappa shape index (κ3) is 4.19. The number of rotatable bonds is 4. The molecule has 1 N–H and O–H groups in total. The summed E-state index contributed by atoms with van der Waals surface area (Å²) >= 11 is 2.25. The molecule has 1 aliphatic heterocycles. The summed E-state index contributed by atoms with van der Waals surface area (Å²) in [5, 5.41) is 3.26. The fourth-order valence-corrected chi connectivity index (χ4v) is 4.60. The quantitative estimate of drug-likeness (QED) is 0.607. The minimum Gasteiger partial charge on any atom is -0.459 e. The molecule has 2 aromatic heterocycles. The number of ether oxygens (including phenoxy) is 1. The number of anilines is 1. The highest BCUT2D eigenvalue weighted by Gasteiger charge is 2.34. The number of halogens is 3. The second-order valence-electron chi connectivity index (χ2n) is 6.31. The van der Waals surface area contributed by atoms with E-state index >= 15 is 0 Å². The van der Waals surface area contributed by atoms with E-state index in [0.29, 0.717) is 9.86 Å². The van der Waals surface area contributed by atoms with Gasteiger partial charge in [0.05, 0.1) is 28.6 Å². The minimum atomic E-state index is -4.52. The summed E-state index contributed by atoms with van der Waals surface area (Å²) in [6.07, 6.45) is -3.22. The van der Waals surface area contributed by atoms with E-state index in [-0.39, 0.29) is 30.0 Å². The van der Waals surface area contributed by atoms with E-state index in [2.05, 4.69) is 10.3 Å². The Morgan fingerprint density at radius 1 is 1.27 bits per heavy atom. The average molecular weight is 455 g/mol. The van der Waals surface area contributed by atoms with Crippen LogP contribution in [0.2, 0.25) is 0 Å². The normalized spacial score (nSPS) is 16.2. The molecular formula is C18H12F3N3O4S2. The second-order valence-corrected chi connectivity index (χ2v) is 8.43. The van der Waals surface area contributed by atoms with Crippen molar-refractivity contribution in [1.29, 1.82) is 0 Å². The maximum Gasteiger partial charge on any atom is 0.416 e. The third-order valence-electron chi connectivity index (χ3n) is 4.22. The van der Waals surface area contributed by atoms with Gasteiger partial charge < -0.3 is 10.1 Å². The van der Waals surface area contributed by atoms with Crippen molar-refractivity contribution in [2.75, 3.05) is 5.32 Å². The summed E-state index contributed by atoms with van der Waals surface area (Å²) in [5.41, 5.74) is -0.838. The van der Waals surface area contributed by atoms with Gasteiger partial charge in [-0.1, -0.05) is 0 Å². The van der Waals surface area contributed by atoms with Crippen molar-refractivity contribution in [1.82, 2.24) is 9.38 Å². The van der Waals surface area contributed by atoms with Crippen LogP contribution < -0.4 is 10.9 Å². The molecule has 0 aliphatic carbocycles. The molecule has 3 aromatic rings. The Labute approximate surface area is 174 Å². The highest BCUT2D eigenvalue weighted by Crippen LogP contribution is 2.40. The van der Waals surface area contributed by atoms with Gasteiger partial charge >= 0.3 is 12.1 Å². The van der Waals surface area contributed by atoms with Crippen LogP contribution in [0.1, 0.15) is 17.7 Å². The Morgan fingerprint density at radius 3 is 2.83 bits per heavy atom. The summed E-state index contributed by atoms with van der Waals surface area (Å²) in [7, 11) is 0. The zero-order chi connectivity index (χ0) is 21.5. The number of thioether (sulfide) groups is 1. The average Bonchev–Trinajstić information content (AvgIpc) is 3.15. The molecule has 0 saturated heterocycles. The molecule has 156 valence electrons. The maximum absolute atomic E-state index is 12.8. The van der Waals surface area contributed by atoms with Gasteiger partial charge in [0.1, 0.15) is 6.61 Å².